The number of nitrogens with zero attached hydrogens (tertiary/aromatic N) is 1. The maximum atomic E-state index is 12.4. The van der Waals surface area contributed by atoms with E-state index in [4.69, 9.17) is 4.74 Å². The van der Waals surface area contributed by atoms with Gasteiger partial charge in [-0.05, 0) is 31.0 Å². The summed E-state index contributed by atoms with van der Waals surface area (Å²) in [6, 6.07) is 9.65. The topological polar surface area (TPSA) is 67.0 Å². The van der Waals surface area contributed by atoms with E-state index in [0.717, 1.165) is 29.8 Å². The van der Waals surface area contributed by atoms with Crippen LogP contribution < -0.4 is 5.32 Å². The van der Waals surface area contributed by atoms with E-state index in [1.54, 1.807) is 6.20 Å². The lowest BCUT2D eigenvalue weighted by molar-refractivity contribution is -0.121. The van der Waals surface area contributed by atoms with Crippen molar-refractivity contribution in [3.05, 3.63) is 36.5 Å². The van der Waals surface area contributed by atoms with Crippen LogP contribution in [0.3, 0.4) is 0 Å². The molecule has 2 N–H and O–H groups in total. The van der Waals surface area contributed by atoms with E-state index in [2.05, 4.69) is 22.4 Å². The summed E-state index contributed by atoms with van der Waals surface area (Å²) in [4.78, 5) is 12.4. The van der Waals surface area contributed by atoms with Gasteiger partial charge in [0.2, 0.25) is 5.91 Å². The molecule has 1 amide bonds. The summed E-state index contributed by atoms with van der Waals surface area (Å²) in [7, 11) is 0. The van der Waals surface area contributed by atoms with Gasteiger partial charge in [0.05, 0.1) is 17.7 Å². The second kappa shape index (κ2) is 6.10. The number of carbonyl (C=O) groups excluding carboxylic acids is 1. The van der Waals surface area contributed by atoms with Crippen LogP contribution >= 0.6 is 0 Å². The lowest BCUT2D eigenvalue weighted by Gasteiger charge is -2.16. The molecule has 1 saturated heterocycles. The summed E-state index contributed by atoms with van der Waals surface area (Å²) in [6.07, 6.45) is 3.42. The number of aromatic amines is 1. The van der Waals surface area contributed by atoms with Gasteiger partial charge in [0.1, 0.15) is 0 Å². The van der Waals surface area contributed by atoms with Crippen LogP contribution in [0.5, 0.6) is 0 Å². The maximum absolute atomic E-state index is 12.4. The number of nitrogens with one attached hydrogen (secondary N) is 2. The third-order valence-corrected chi connectivity index (χ3v) is 3.89. The van der Waals surface area contributed by atoms with Crippen molar-refractivity contribution in [1.29, 1.82) is 0 Å². The Bertz CT molecular complexity index is 610. The number of hydrogen-bond donors (Lipinski definition) is 2. The largest absolute Gasteiger partial charge is 0.377 e. The van der Waals surface area contributed by atoms with Crippen molar-refractivity contribution in [2.75, 3.05) is 11.9 Å². The molecule has 2 unspecified atom stereocenters. The molecule has 3 rings (SSSR count). The third kappa shape index (κ3) is 2.97. The summed E-state index contributed by atoms with van der Waals surface area (Å²) in [6.45, 7) is 2.72. The second-order valence-electron chi connectivity index (χ2n) is 5.25. The Morgan fingerprint density at radius 3 is 3.14 bits per heavy atom. The molecule has 0 spiro atoms. The van der Waals surface area contributed by atoms with E-state index in [0.29, 0.717) is 6.61 Å². The quantitative estimate of drug-likeness (QED) is 0.907. The lowest BCUT2D eigenvalue weighted by atomic mass is 9.98. The molecule has 1 aliphatic heterocycles. The third-order valence-electron chi connectivity index (χ3n) is 3.89. The molecule has 5 heteroatoms. The van der Waals surface area contributed by atoms with Crippen LogP contribution in [-0.4, -0.2) is 28.8 Å². The number of carbonyl (C=O) groups is 1. The highest BCUT2D eigenvalue weighted by molar-refractivity contribution is 5.93. The van der Waals surface area contributed by atoms with Crippen LogP contribution in [-0.2, 0) is 9.53 Å². The first-order valence-electron chi connectivity index (χ1n) is 7.30. The number of hydrogen-bond acceptors (Lipinski definition) is 3. The highest BCUT2D eigenvalue weighted by Gasteiger charge is 2.32. The molecule has 0 bridgehead atoms. The number of anilines is 1. The van der Waals surface area contributed by atoms with Crippen LogP contribution in [0, 0.1) is 5.92 Å². The molecule has 1 aromatic carbocycles. The molecule has 0 radical (unpaired) electrons. The molecular formula is C16H19N3O2. The molecule has 0 saturated carbocycles. The number of aromatic nitrogens is 2. The Hall–Kier alpha value is -2.14. The van der Waals surface area contributed by atoms with Gasteiger partial charge in [-0.15, -0.1) is 0 Å². The Labute approximate surface area is 123 Å². The van der Waals surface area contributed by atoms with Crippen molar-refractivity contribution in [3.63, 3.8) is 0 Å². The summed E-state index contributed by atoms with van der Waals surface area (Å²) in [5.41, 5.74) is 2.73. The van der Waals surface area contributed by atoms with Gasteiger partial charge in [0.15, 0.2) is 0 Å². The summed E-state index contributed by atoms with van der Waals surface area (Å²) in [5.74, 6) is -0.00748. The first-order valence-corrected chi connectivity index (χ1v) is 7.30. The zero-order valence-electron chi connectivity index (χ0n) is 12.0. The van der Waals surface area contributed by atoms with Crippen LogP contribution in [0.2, 0.25) is 0 Å². The molecule has 5 nitrogen and oxygen atoms in total. The Morgan fingerprint density at radius 2 is 2.38 bits per heavy atom. The van der Waals surface area contributed by atoms with Crippen molar-refractivity contribution in [2.45, 2.75) is 25.9 Å². The van der Waals surface area contributed by atoms with Gasteiger partial charge in [-0.2, -0.15) is 5.10 Å². The summed E-state index contributed by atoms with van der Waals surface area (Å²) < 4.78 is 5.58. The smallest absolute Gasteiger partial charge is 0.230 e. The van der Waals surface area contributed by atoms with E-state index >= 15 is 0 Å². The fraction of sp³-hybridized carbons (Fsp3) is 0.375. The SMILES string of the molecule is CCC1OCCC1C(=O)Nc1cccc(-c2ccn[nH]2)c1. The van der Waals surface area contributed by atoms with Gasteiger partial charge in [-0.3, -0.25) is 9.89 Å². The van der Waals surface area contributed by atoms with Crippen LogP contribution in [0.4, 0.5) is 5.69 Å². The predicted molar refractivity (Wildman–Crippen MR) is 80.8 cm³/mol. The Kier molecular flexibility index (Phi) is 4.01. The van der Waals surface area contributed by atoms with Gasteiger partial charge in [0.25, 0.3) is 0 Å². The monoisotopic (exact) mass is 285 g/mol. The maximum Gasteiger partial charge on any atom is 0.230 e. The molecule has 0 aliphatic carbocycles. The molecule has 2 aromatic rings. The molecule has 1 aliphatic rings. The summed E-state index contributed by atoms with van der Waals surface area (Å²) in [5, 5.41) is 9.86. The lowest BCUT2D eigenvalue weighted by Crippen LogP contribution is -2.29. The standard InChI is InChI=1S/C16H19N3O2/c1-2-15-13(7-9-21-15)16(20)18-12-5-3-4-11(10-12)14-6-8-17-19-14/h3-6,8,10,13,15H,2,7,9H2,1H3,(H,17,19)(H,18,20). The second-order valence-corrected chi connectivity index (χ2v) is 5.25. The average Bonchev–Trinajstić information content (AvgIpc) is 3.18. The van der Waals surface area contributed by atoms with Crippen molar-refractivity contribution in [2.24, 2.45) is 5.92 Å². The molecule has 21 heavy (non-hydrogen) atoms. The fourth-order valence-corrected chi connectivity index (χ4v) is 2.77. The molecule has 2 atom stereocenters. The van der Waals surface area contributed by atoms with Gasteiger partial charge in [-0.1, -0.05) is 19.1 Å². The summed E-state index contributed by atoms with van der Waals surface area (Å²) >= 11 is 0. The van der Waals surface area contributed by atoms with Crippen molar-refractivity contribution in [1.82, 2.24) is 10.2 Å². The van der Waals surface area contributed by atoms with E-state index in [1.165, 1.54) is 0 Å². The minimum absolute atomic E-state index is 0.0424. The minimum Gasteiger partial charge on any atom is -0.377 e. The van der Waals surface area contributed by atoms with E-state index < -0.39 is 0 Å². The zero-order chi connectivity index (χ0) is 14.7. The van der Waals surface area contributed by atoms with E-state index in [9.17, 15) is 4.79 Å². The average molecular weight is 285 g/mol. The number of amides is 1. The fourth-order valence-electron chi connectivity index (χ4n) is 2.77. The van der Waals surface area contributed by atoms with Crippen LogP contribution in [0.15, 0.2) is 36.5 Å². The van der Waals surface area contributed by atoms with Gasteiger partial charge < -0.3 is 10.1 Å². The molecular weight excluding hydrogens is 266 g/mol. The van der Waals surface area contributed by atoms with Crippen LogP contribution in [0.1, 0.15) is 19.8 Å². The zero-order valence-corrected chi connectivity index (χ0v) is 12.0. The normalized spacial score (nSPS) is 21.4. The van der Waals surface area contributed by atoms with Gasteiger partial charge >= 0.3 is 0 Å². The highest BCUT2D eigenvalue weighted by Crippen LogP contribution is 2.26. The van der Waals surface area contributed by atoms with Gasteiger partial charge in [0, 0.05) is 24.1 Å². The number of ether oxygens (including phenoxy) is 1. The molecule has 2 heterocycles. The van der Waals surface area contributed by atoms with Gasteiger partial charge in [-0.25, -0.2) is 0 Å². The Balaban J connectivity index is 1.73. The first kappa shape index (κ1) is 13.8. The first-order chi connectivity index (χ1) is 10.3. The molecule has 1 aromatic heterocycles. The Morgan fingerprint density at radius 1 is 1.48 bits per heavy atom. The molecule has 1 fully saturated rings. The van der Waals surface area contributed by atoms with Crippen molar-refractivity contribution >= 4 is 11.6 Å². The molecule has 110 valence electrons. The number of H-pyrrole nitrogens is 1. The predicted octanol–water partition coefficient (Wildman–Crippen LogP) is 2.83. The highest BCUT2D eigenvalue weighted by atomic mass is 16.5. The van der Waals surface area contributed by atoms with Crippen LogP contribution in [0.25, 0.3) is 11.3 Å². The van der Waals surface area contributed by atoms with Crippen molar-refractivity contribution in [3.8, 4) is 11.3 Å². The number of benzene rings is 1. The number of rotatable bonds is 4. The van der Waals surface area contributed by atoms with E-state index in [-0.39, 0.29) is 17.9 Å². The van der Waals surface area contributed by atoms with Crippen molar-refractivity contribution < 1.29 is 9.53 Å². The van der Waals surface area contributed by atoms with E-state index in [1.807, 2.05) is 30.3 Å². The minimum atomic E-state index is -0.0502.